The van der Waals surface area contributed by atoms with Crippen molar-refractivity contribution in [3.05, 3.63) is 29.8 Å². The minimum atomic E-state index is -3.45. The summed E-state index contributed by atoms with van der Waals surface area (Å²) in [5.41, 5.74) is 0.966. The lowest BCUT2D eigenvalue weighted by atomic mass is 10.2. The van der Waals surface area contributed by atoms with Gasteiger partial charge in [0.2, 0.25) is 0 Å². The average Bonchev–Trinajstić information content (AvgIpc) is 2.07. The highest BCUT2D eigenvalue weighted by Crippen LogP contribution is 2.18. The molecule has 14 heavy (non-hydrogen) atoms. The largest absolute Gasteiger partial charge is 0.422 e. The lowest BCUT2D eigenvalue weighted by Gasteiger charge is -2.09. The summed E-state index contributed by atoms with van der Waals surface area (Å²) in [6, 6.07) is 6.30. The topological polar surface area (TPSA) is 26.3 Å². The molecule has 1 aromatic rings. The summed E-state index contributed by atoms with van der Waals surface area (Å²) in [4.78, 5) is 10.7. The fourth-order valence-electron chi connectivity index (χ4n) is 0.803. The van der Waals surface area contributed by atoms with Gasteiger partial charge in [0.1, 0.15) is 5.75 Å². The predicted molar refractivity (Wildman–Crippen MR) is 47.4 cm³/mol. The van der Waals surface area contributed by atoms with Gasteiger partial charge in [0.15, 0.2) is 0 Å². The van der Waals surface area contributed by atoms with Crippen LogP contribution < -0.4 is 4.74 Å². The summed E-state index contributed by atoms with van der Waals surface area (Å²) >= 11 is 0. The second kappa shape index (κ2) is 3.74. The maximum Gasteiger partial charge on any atom is 0.382 e. The quantitative estimate of drug-likeness (QED) is 0.541. The molecule has 0 heterocycles. The van der Waals surface area contributed by atoms with Crippen molar-refractivity contribution in [1.82, 2.24) is 0 Å². The monoisotopic (exact) mass is 200 g/mol. The van der Waals surface area contributed by atoms with Gasteiger partial charge in [-0.05, 0) is 19.1 Å². The molecule has 0 aromatic heterocycles. The van der Waals surface area contributed by atoms with Crippen LogP contribution >= 0.6 is 0 Å². The molecule has 0 radical (unpaired) electrons. The zero-order valence-electron chi connectivity index (χ0n) is 7.88. The van der Waals surface area contributed by atoms with Crippen LogP contribution in [0.25, 0.3) is 0 Å². The highest BCUT2D eigenvalue weighted by molar-refractivity contribution is 5.79. The van der Waals surface area contributed by atoms with Crippen LogP contribution in [0.15, 0.2) is 24.3 Å². The van der Waals surface area contributed by atoms with Gasteiger partial charge in [-0.15, -0.1) is 0 Å². The van der Waals surface area contributed by atoms with Gasteiger partial charge in [-0.3, -0.25) is 0 Å². The Labute approximate surface area is 80.5 Å². The molecule has 0 saturated heterocycles. The van der Waals surface area contributed by atoms with E-state index < -0.39 is 11.9 Å². The Morgan fingerprint density at radius 1 is 1.29 bits per heavy atom. The normalized spacial score (nSPS) is 11.1. The van der Waals surface area contributed by atoms with E-state index in [2.05, 4.69) is 4.74 Å². The molecule has 76 valence electrons. The van der Waals surface area contributed by atoms with E-state index >= 15 is 0 Å². The standard InChI is InChI=1S/C10H10F2O2/c1-7-3-5-8(6-4-7)14-9(13)10(2,11)12/h3-6H,1-2H3. The number of hydrogen-bond donors (Lipinski definition) is 0. The molecule has 0 unspecified atom stereocenters. The van der Waals surface area contributed by atoms with E-state index in [-0.39, 0.29) is 5.75 Å². The molecule has 0 spiro atoms. The highest BCUT2D eigenvalue weighted by Gasteiger charge is 2.34. The van der Waals surface area contributed by atoms with Crippen LogP contribution in [0.3, 0.4) is 0 Å². The Morgan fingerprint density at radius 3 is 2.21 bits per heavy atom. The van der Waals surface area contributed by atoms with E-state index in [1.807, 2.05) is 6.92 Å². The van der Waals surface area contributed by atoms with Crippen molar-refractivity contribution in [1.29, 1.82) is 0 Å². The molecule has 0 bridgehead atoms. The molecule has 4 heteroatoms. The van der Waals surface area contributed by atoms with Crippen molar-refractivity contribution in [2.24, 2.45) is 0 Å². The molecule has 0 fully saturated rings. The number of aryl methyl sites for hydroxylation is 1. The number of halogens is 2. The first-order valence-corrected chi connectivity index (χ1v) is 4.06. The van der Waals surface area contributed by atoms with Crippen LogP contribution in [0.1, 0.15) is 12.5 Å². The molecular formula is C10H10F2O2. The second-order valence-corrected chi connectivity index (χ2v) is 3.09. The number of hydrogen-bond acceptors (Lipinski definition) is 2. The van der Waals surface area contributed by atoms with Gasteiger partial charge in [0.05, 0.1) is 0 Å². The molecular weight excluding hydrogens is 190 g/mol. The lowest BCUT2D eigenvalue weighted by molar-refractivity contribution is -0.158. The molecule has 0 saturated carbocycles. The molecule has 0 aliphatic rings. The van der Waals surface area contributed by atoms with Gasteiger partial charge in [0, 0.05) is 6.92 Å². The van der Waals surface area contributed by atoms with Gasteiger partial charge in [-0.25, -0.2) is 4.79 Å². The summed E-state index contributed by atoms with van der Waals surface area (Å²) in [5.74, 6) is -4.87. The first-order valence-electron chi connectivity index (χ1n) is 4.06. The summed E-state index contributed by atoms with van der Waals surface area (Å²) in [7, 11) is 0. The van der Waals surface area contributed by atoms with Crippen molar-refractivity contribution in [3.8, 4) is 5.75 Å². The average molecular weight is 200 g/mol. The maximum atomic E-state index is 12.4. The van der Waals surface area contributed by atoms with Gasteiger partial charge in [-0.2, -0.15) is 8.78 Å². The van der Waals surface area contributed by atoms with E-state index in [0.29, 0.717) is 6.92 Å². The fraction of sp³-hybridized carbons (Fsp3) is 0.300. The van der Waals surface area contributed by atoms with Crippen molar-refractivity contribution in [2.75, 3.05) is 0 Å². The Morgan fingerprint density at radius 2 is 1.79 bits per heavy atom. The molecule has 0 amide bonds. The van der Waals surface area contributed by atoms with Crippen molar-refractivity contribution >= 4 is 5.97 Å². The Kier molecular flexibility index (Phi) is 2.84. The van der Waals surface area contributed by atoms with E-state index in [1.54, 1.807) is 12.1 Å². The third kappa shape index (κ3) is 2.80. The minimum Gasteiger partial charge on any atom is -0.422 e. The Bertz CT molecular complexity index is 325. The van der Waals surface area contributed by atoms with Crippen LogP contribution in [-0.4, -0.2) is 11.9 Å². The molecule has 1 rings (SSSR count). The smallest absolute Gasteiger partial charge is 0.382 e. The lowest BCUT2D eigenvalue weighted by Crippen LogP contribution is -2.29. The van der Waals surface area contributed by atoms with E-state index in [0.717, 1.165) is 5.56 Å². The van der Waals surface area contributed by atoms with Gasteiger partial charge in [-0.1, -0.05) is 17.7 Å². The SMILES string of the molecule is Cc1ccc(OC(=O)C(C)(F)F)cc1. The third-order valence-corrected chi connectivity index (χ3v) is 1.59. The fourth-order valence-corrected chi connectivity index (χ4v) is 0.803. The van der Waals surface area contributed by atoms with E-state index in [9.17, 15) is 13.6 Å². The number of esters is 1. The summed E-state index contributed by atoms with van der Waals surface area (Å²) in [6.07, 6.45) is 0. The van der Waals surface area contributed by atoms with Crippen LogP contribution in [0, 0.1) is 6.92 Å². The van der Waals surface area contributed by atoms with Crippen molar-refractivity contribution in [3.63, 3.8) is 0 Å². The van der Waals surface area contributed by atoms with E-state index in [1.165, 1.54) is 12.1 Å². The van der Waals surface area contributed by atoms with Crippen LogP contribution in [-0.2, 0) is 4.79 Å². The number of rotatable bonds is 2. The molecule has 0 N–H and O–H groups in total. The number of alkyl halides is 2. The van der Waals surface area contributed by atoms with Crippen LogP contribution in [0.2, 0.25) is 0 Å². The maximum absolute atomic E-state index is 12.4. The van der Waals surface area contributed by atoms with Gasteiger partial charge in [0.25, 0.3) is 0 Å². The Hall–Kier alpha value is -1.45. The second-order valence-electron chi connectivity index (χ2n) is 3.09. The minimum absolute atomic E-state index is 0.127. The first-order chi connectivity index (χ1) is 6.39. The van der Waals surface area contributed by atoms with E-state index in [4.69, 9.17) is 0 Å². The molecule has 1 aromatic carbocycles. The number of carbonyl (C=O) groups is 1. The predicted octanol–water partition coefficient (Wildman–Crippen LogP) is 2.56. The summed E-state index contributed by atoms with van der Waals surface area (Å²) < 4.78 is 29.3. The molecule has 0 aliphatic heterocycles. The molecule has 0 atom stereocenters. The molecule has 0 aliphatic carbocycles. The number of ether oxygens (including phenoxy) is 1. The van der Waals surface area contributed by atoms with Gasteiger partial charge < -0.3 is 4.74 Å². The van der Waals surface area contributed by atoms with Crippen molar-refractivity contribution in [2.45, 2.75) is 19.8 Å². The first kappa shape index (κ1) is 10.6. The highest BCUT2D eigenvalue weighted by atomic mass is 19.3. The third-order valence-electron chi connectivity index (χ3n) is 1.59. The zero-order valence-corrected chi connectivity index (χ0v) is 7.88. The van der Waals surface area contributed by atoms with Crippen LogP contribution in [0.5, 0.6) is 5.75 Å². The summed E-state index contributed by atoms with van der Waals surface area (Å²) in [6.45, 7) is 2.35. The van der Waals surface area contributed by atoms with Crippen molar-refractivity contribution < 1.29 is 18.3 Å². The molecule has 2 nitrogen and oxygen atoms in total. The zero-order chi connectivity index (χ0) is 10.8. The number of carbonyl (C=O) groups excluding carboxylic acids is 1. The Balaban J connectivity index is 2.71. The van der Waals surface area contributed by atoms with Crippen LogP contribution in [0.4, 0.5) is 8.78 Å². The number of benzene rings is 1. The van der Waals surface area contributed by atoms with Gasteiger partial charge >= 0.3 is 11.9 Å². The summed E-state index contributed by atoms with van der Waals surface area (Å²) in [5, 5.41) is 0.